The maximum atomic E-state index is 14.9. The Morgan fingerprint density at radius 2 is 1.82 bits per heavy atom. The molecule has 0 saturated heterocycles. The minimum atomic E-state index is -1.27. The number of allylic oxidation sites excluding steroid dienone is 2. The zero-order valence-electron chi connectivity index (χ0n) is 29.1. The lowest BCUT2D eigenvalue weighted by atomic mass is 9.64. The molecule has 2 bridgehead atoms. The predicted octanol–water partition coefficient (Wildman–Crippen LogP) is 8.56. The minimum Gasteiger partial charge on any atom is -0.393 e. The van der Waals surface area contributed by atoms with Crippen molar-refractivity contribution in [2.75, 3.05) is 6.54 Å². The summed E-state index contributed by atoms with van der Waals surface area (Å²) in [7, 11) is 0. The molecule has 4 atom stereocenters. The van der Waals surface area contributed by atoms with Gasteiger partial charge in [0.05, 0.1) is 18.2 Å². The first-order valence-electron chi connectivity index (χ1n) is 17.5. The van der Waals surface area contributed by atoms with Crippen LogP contribution in [0.1, 0.15) is 105 Å². The Morgan fingerprint density at radius 1 is 1.06 bits per heavy atom. The number of rotatable bonds is 8. The molecule has 3 aromatic rings. The summed E-state index contributed by atoms with van der Waals surface area (Å²) in [6.45, 7) is 8.47. The van der Waals surface area contributed by atoms with E-state index >= 15 is 0 Å². The molecule has 1 fully saturated rings. The van der Waals surface area contributed by atoms with E-state index in [0.29, 0.717) is 50.6 Å². The lowest BCUT2D eigenvalue weighted by molar-refractivity contribution is -0.0781. The second-order valence-corrected chi connectivity index (χ2v) is 15.1. The number of nitrogens with one attached hydrogen (secondary N) is 1. The standard InChI is InChI=1S/C41H50ClFN2O4/c1-27(2)44-39(48)45(25-29-11-6-5-7-12-29)26-41(49)21-19-35-32-18-16-30(22-31(46)17-15-28(3)10-9-20-40(35,41)4)23-33(32)38(47)24-34-36(42)13-8-14-37(34)43/h5-8,10-14,16,18,23,27,31,35,46,49H,9,15,17,19-22,24-26H2,1-4H3,(H,44,48). The second kappa shape index (κ2) is 15.6. The van der Waals surface area contributed by atoms with Gasteiger partial charge < -0.3 is 20.4 Å². The summed E-state index contributed by atoms with van der Waals surface area (Å²) in [5, 5.41) is 27.0. The Bertz CT molecular complexity index is 1660. The highest BCUT2D eigenvalue weighted by atomic mass is 35.5. The van der Waals surface area contributed by atoms with Gasteiger partial charge in [0, 0.05) is 40.6 Å². The van der Waals surface area contributed by atoms with Crippen LogP contribution in [0.15, 0.2) is 78.4 Å². The summed E-state index contributed by atoms with van der Waals surface area (Å²) < 4.78 is 14.9. The Kier molecular flexibility index (Phi) is 11.7. The average Bonchev–Trinajstić information content (AvgIpc) is 3.30. The van der Waals surface area contributed by atoms with Crippen LogP contribution in [0.2, 0.25) is 5.02 Å². The van der Waals surface area contributed by atoms with Crippen molar-refractivity contribution in [2.24, 2.45) is 5.41 Å². The number of ketones is 1. The van der Waals surface area contributed by atoms with E-state index in [1.807, 2.05) is 62.4 Å². The molecule has 6 nitrogen and oxygen atoms in total. The lowest BCUT2D eigenvalue weighted by Gasteiger charge is -2.46. The molecule has 3 aliphatic rings. The number of carbonyl (C=O) groups excluding carboxylic acids is 2. The molecule has 1 saturated carbocycles. The average molecular weight is 689 g/mol. The van der Waals surface area contributed by atoms with Gasteiger partial charge in [0.25, 0.3) is 0 Å². The van der Waals surface area contributed by atoms with Crippen molar-refractivity contribution in [3.63, 3.8) is 0 Å². The van der Waals surface area contributed by atoms with Gasteiger partial charge >= 0.3 is 6.03 Å². The Hall–Kier alpha value is -3.52. The number of benzene rings is 3. The van der Waals surface area contributed by atoms with E-state index < -0.39 is 22.9 Å². The summed E-state index contributed by atoms with van der Waals surface area (Å²) >= 11 is 6.37. The van der Waals surface area contributed by atoms with Crippen LogP contribution in [-0.2, 0) is 19.4 Å². The second-order valence-electron chi connectivity index (χ2n) is 14.7. The number of fused-ring (bicyclic) bond motifs is 8. The Morgan fingerprint density at radius 3 is 2.53 bits per heavy atom. The van der Waals surface area contributed by atoms with Crippen molar-refractivity contribution in [1.29, 1.82) is 0 Å². The zero-order chi connectivity index (χ0) is 35.3. The molecule has 262 valence electrons. The molecule has 0 aliphatic heterocycles. The normalized spacial score (nSPS) is 24.2. The van der Waals surface area contributed by atoms with E-state index in [4.69, 9.17) is 11.6 Å². The van der Waals surface area contributed by atoms with Crippen molar-refractivity contribution in [1.82, 2.24) is 10.2 Å². The number of aliphatic hydroxyl groups is 2. The Labute approximate surface area is 295 Å². The lowest BCUT2D eigenvalue weighted by Crippen LogP contribution is -2.55. The van der Waals surface area contributed by atoms with Gasteiger partial charge in [0.2, 0.25) is 0 Å². The minimum absolute atomic E-state index is 0.0802. The van der Waals surface area contributed by atoms with E-state index in [9.17, 15) is 24.2 Å². The Balaban J connectivity index is 1.58. The molecule has 3 aliphatic carbocycles. The molecule has 6 rings (SSSR count). The molecule has 2 amide bonds. The van der Waals surface area contributed by atoms with Crippen LogP contribution in [0.3, 0.4) is 0 Å². The number of hydrogen-bond acceptors (Lipinski definition) is 4. The number of Topliss-reactive ketones (excluding diaryl/α,β-unsaturated/α-hetero) is 1. The van der Waals surface area contributed by atoms with Crippen LogP contribution in [0.5, 0.6) is 0 Å². The van der Waals surface area contributed by atoms with Crippen molar-refractivity contribution < 1.29 is 24.2 Å². The summed E-state index contributed by atoms with van der Waals surface area (Å²) in [6.07, 6.45) is 5.47. The predicted molar refractivity (Wildman–Crippen MR) is 193 cm³/mol. The van der Waals surface area contributed by atoms with Crippen LogP contribution < -0.4 is 5.32 Å². The first-order valence-corrected chi connectivity index (χ1v) is 17.9. The quantitative estimate of drug-likeness (QED) is 0.163. The van der Waals surface area contributed by atoms with Gasteiger partial charge in [0.15, 0.2) is 5.78 Å². The molecule has 0 spiro atoms. The van der Waals surface area contributed by atoms with Gasteiger partial charge in [-0.2, -0.15) is 0 Å². The highest BCUT2D eigenvalue weighted by molar-refractivity contribution is 6.31. The third kappa shape index (κ3) is 8.45. The van der Waals surface area contributed by atoms with E-state index in [1.165, 1.54) is 17.7 Å². The monoisotopic (exact) mass is 688 g/mol. The van der Waals surface area contributed by atoms with Gasteiger partial charge in [-0.05, 0) is 107 Å². The number of carbonyl (C=O) groups is 2. The number of urea groups is 1. The van der Waals surface area contributed by atoms with Crippen molar-refractivity contribution in [2.45, 2.75) is 109 Å². The van der Waals surface area contributed by atoms with Crippen molar-refractivity contribution >= 4 is 23.4 Å². The van der Waals surface area contributed by atoms with E-state index in [-0.39, 0.29) is 47.3 Å². The van der Waals surface area contributed by atoms with Crippen LogP contribution >= 0.6 is 11.6 Å². The molecule has 0 radical (unpaired) electrons. The fourth-order valence-electron chi connectivity index (χ4n) is 7.86. The molecule has 49 heavy (non-hydrogen) atoms. The first kappa shape index (κ1) is 36.8. The number of nitrogens with zero attached hydrogens (tertiary/aromatic N) is 1. The largest absolute Gasteiger partial charge is 0.393 e. The SMILES string of the molecule is CC1=CCCC2(C)C(CCC2(O)CN(Cc2ccccc2)C(=O)NC(C)C)c2ccc(cc2C(=O)Cc2c(F)cccc2Cl)CC(O)CC1. The highest BCUT2D eigenvalue weighted by Gasteiger charge is 2.57. The smallest absolute Gasteiger partial charge is 0.317 e. The third-order valence-electron chi connectivity index (χ3n) is 10.7. The van der Waals surface area contributed by atoms with Crippen LogP contribution in [0.25, 0.3) is 0 Å². The molecular weight excluding hydrogens is 639 g/mol. The summed E-state index contributed by atoms with van der Waals surface area (Å²) in [5.41, 5.74) is 2.39. The van der Waals surface area contributed by atoms with Gasteiger partial charge in [-0.15, -0.1) is 0 Å². The van der Waals surface area contributed by atoms with E-state index in [0.717, 1.165) is 23.1 Å². The molecule has 3 N–H and O–H groups in total. The van der Waals surface area contributed by atoms with Crippen LogP contribution in [0.4, 0.5) is 9.18 Å². The van der Waals surface area contributed by atoms with E-state index in [1.54, 1.807) is 11.0 Å². The van der Waals surface area contributed by atoms with Gasteiger partial charge in [-0.1, -0.05) is 78.7 Å². The maximum absolute atomic E-state index is 14.9. The molecule has 0 aromatic heterocycles. The van der Waals surface area contributed by atoms with Gasteiger partial charge in [0.1, 0.15) is 5.82 Å². The topological polar surface area (TPSA) is 89.9 Å². The molecule has 3 aromatic carbocycles. The molecule has 0 heterocycles. The van der Waals surface area contributed by atoms with Crippen LogP contribution in [0, 0.1) is 11.2 Å². The first-order chi connectivity index (χ1) is 23.3. The molecule has 4 unspecified atom stereocenters. The molecular formula is C41H50ClFN2O4. The maximum Gasteiger partial charge on any atom is 0.317 e. The van der Waals surface area contributed by atoms with Gasteiger partial charge in [-0.3, -0.25) is 4.79 Å². The molecule has 8 heteroatoms. The van der Waals surface area contributed by atoms with Crippen molar-refractivity contribution in [3.05, 3.63) is 117 Å². The zero-order valence-corrected chi connectivity index (χ0v) is 29.9. The number of halogens is 2. The van der Waals surface area contributed by atoms with Crippen molar-refractivity contribution in [3.8, 4) is 0 Å². The van der Waals surface area contributed by atoms with E-state index in [2.05, 4.69) is 25.2 Å². The summed E-state index contributed by atoms with van der Waals surface area (Å²) in [6, 6.07) is 19.6. The number of amides is 2. The third-order valence-corrected chi connectivity index (χ3v) is 11.1. The van der Waals surface area contributed by atoms with Crippen LogP contribution in [-0.4, -0.2) is 51.2 Å². The summed E-state index contributed by atoms with van der Waals surface area (Å²) in [4.78, 5) is 29.6. The summed E-state index contributed by atoms with van der Waals surface area (Å²) in [5.74, 6) is -1.02. The number of aliphatic hydroxyl groups excluding tert-OH is 1. The number of hydrogen-bond donors (Lipinski definition) is 3. The fraction of sp³-hybridized carbons (Fsp3) is 0.463. The fourth-order valence-corrected chi connectivity index (χ4v) is 8.09. The van der Waals surface area contributed by atoms with Gasteiger partial charge in [-0.25, -0.2) is 9.18 Å². The highest BCUT2D eigenvalue weighted by Crippen LogP contribution is 2.59.